The number of allylic oxidation sites excluding steroid dienone is 1. The van der Waals surface area contributed by atoms with Gasteiger partial charge in [0.1, 0.15) is 0 Å². The standard InChI is InChI=1S/C15H10ClIO/c16-14-4-2-1-3-11(14)7-10-15(18)12-5-8-13(17)9-6-12/h1-10H/b10-7+. The summed E-state index contributed by atoms with van der Waals surface area (Å²) in [5.74, 6) is -0.0219. The summed E-state index contributed by atoms with van der Waals surface area (Å²) in [5, 5.41) is 0.643. The van der Waals surface area contributed by atoms with Crippen molar-refractivity contribution in [1.82, 2.24) is 0 Å². The van der Waals surface area contributed by atoms with Crippen molar-refractivity contribution in [2.24, 2.45) is 0 Å². The Bertz CT molecular complexity index is 588. The lowest BCUT2D eigenvalue weighted by atomic mass is 10.1. The van der Waals surface area contributed by atoms with E-state index < -0.39 is 0 Å². The Labute approximate surface area is 125 Å². The first-order valence-corrected chi connectivity index (χ1v) is 6.85. The number of halogens is 2. The highest BCUT2D eigenvalue weighted by Gasteiger charge is 2.01. The van der Waals surface area contributed by atoms with Gasteiger partial charge in [0, 0.05) is 14.2 Å². The van der Waals surface area contributed by atoms with E-state index in [2.05, 4.69) is 22.6 Å². The van der Waals surface area contributed by atoms with Gasteiger partial charge in [-0.05, 0) is 58.5 Å². The van der Waals surface area contributed by atoms with Gasteiger partial charge in [0.15, 0.2) is 5.78 Å². The van der Waals surface area contributed by atoms with Crippen LogP contribution in [0.3, 0.4) is 0 Å². The Morgan fingerprint density at radius 2 is 1.72 bits per heavy atom. The van der Waals surface area contributed by atoms with Gasteiger partial charge in [-0.15, -0.1) is 0 Å². The lowest BCUT2D eigenvalue weighted by Crippen LogP contribution is -1.93. The molecule has 0 unspecified atom stereocenters. The van der Waals surface area contributed by atoms with Gasteiger partial charge in [0.05, 0.1) is 0 Å². The highest BCUT2D eigenvalue weighted by Crippen LogP contribution is 2.17. The molecule has 0 bridgehead atoms. The Balaban J connectivity index is 2.17. The summed E-state index contributed by atoms with van der Waals surface area (Å²) in [4.78, 5) is 11.9. The van der Waals surface area contributed by atoms with Crippen molar-refractivity contribution in [3.8, 4) is 0 Å². The van der Waals surface area contributed by atoms with Crippen molar-refractivity contribution >= 4 is 46.1 Å². The summed E-state index contributed by atoms with van der Waals surface area (Å²) in [6.45, 7) is 0. The van der Waals surface area contributed by atoms with Gasteiger partial charge in [0.25, 0.3) is 0 Å². The maximum Gasteiger partial charge on any atom is 0.185 e. The number of carbonyl (C=O) groups excluding carboxylic acids is 1. The van der Waals surface area contributed by atoms with Gasteiger partial charge >= 0.3 is 0 Å². The summed E-state index contributed by atoms with van der Waals surface area (Å²) in [6, 6.07) is 14.9. The van der Waals surface area contributed by atoms with E-state index >= 15 is 0 Å². The van der Waals surface area contributed by atoms with Crippen LogP contribution >= 0.6 is 34.2 Å². The summed E-state index contributed by atoms with van der Waals surface area (Å²) in [6.07, 6.45) is 3.28. The Kier molecular flexibility index (Phi) is 4.55. The molecule has 0 aliphatic carbocycles. The molecule has 1 nitrogen and oxygen atoms in total. The molecule has 90 valence electrons. The topological polar surface area (TPSA) is 17.1 Å². The number of ketones is 1. The second-order valence-electron chi connectivity index (χ2n) is 3.73. The van der Waals surface area contributed by atoms with E-state index in [9.17, 15) is 4.79 Å². The molecule has 0 aliphatic rings. The quantitative estimate of drug-likeness (QED) is 0.430. The van der Waals surface area contributed by atoms with Crippen molar-refractivity contribution in [3.05, 3.63) is 74.3 Å². The third-order valence-electron chi connectivity index (χ3n) is 2.45. The zero-order chi connectivity index (χ0) is 13.0. The molecule has 0 spiro atoms. The predicted molar refractivity (Wildman–Crippen MR) is 84.0 cm³/mol. The first-order chi connectivity index (χ1) is 8.66. The fourth-order valence-electron chi connectivity index (χ4n) is 1.49. The van der Waals surface area contributed by atoms with Crippen LogP contribution in [0.25, 0.3) is 6.08 Å². The largest absolute Gasteiger partial charge is 0.289 e. The van der Waals surface area contributed by atoms with E-state index in [1.54, 1.807) is 18.2 Å². The van der Waals surface area contributed by atoms with E-state index in [4.69, 9.17) is 11.6 Å². The summed E-state index contributed by atoms with van der Waals surface area (Å²) in [5.41, 5.74) is 1.52. The average Bonchev–Trinajstić information content (AvgIpc) is 2.38. The second-order valence-corrected chi connectivity index (χ2v) is 5.38. The molecule has 3 heteroatoms. The van der Waals surface area contributed by atoms with E-state index in [-0.39, 0.29) is 5.78 Å². The zero-order valence-electron chi connectivity index (χ0n) is 9.44. The fourth-order valence-corrected chi connectivity index (χ4v) is 2.04. The average molecular weight is 369 g/mol. The lowest BCUT2D eigenvalue weighted by Gasteiger charge is -1.98. The van der Waals surface area contributed by atoms with Crippen LogP contribution in [0, 0.1) is 3.57 Å². The fraction of sp³-hybridized carbons (Fsp3) is 0. The molecule has 0 heterocycles. The third-order valence-corrected chi connectivity index (χ3v) is 3.51. The summed E-state index contributed by atoms with van der Waals surface area (Å²) in [7, 11) is 0. The van der Waals surface area contributed by atoms with Gasteiger partial charge in [-0.3, -0.25) is 4.79 Å². The minimum absolute atomic E-state index is 0.0219. The van der Waals surface area contributed by atoms with Crippen molar-refractivity contribution in [1.29, 1.82) is 0 Å². The molecule has 0 aliphatic heterocycles. The molecule has 0 amide bonds. The van der Waals surface area contributed by atoms with E-state index in [0.29, 0.717) is 10.6 Å². The van der Waals surface area contributed by atoms with E-state index in [0.717, 1.165) is 9.13 Å². The molecule has 0 saturated carbocycles. The van der Waals surface area contributed by atoms with Crippen LogP contribution in [0.15, 0.2) is 54.6 Å². The van der Waals surface area contributed by atoms with Crippen LogP contribution in [-0.2, 0) is 0 Å². The molecule has 0 radical (unpaired) electrons. The minimum atomic E-state index is -0.0219. The Hall–Kier alpha value is -1.13. The van der Waals surface area contributed by atoms with Crippen LogP contribution in [0.5, 0.6) is 0 Å². The number of benzene rings is 2. The van der Waals surface area contributed by atoms with Crippen LogP contribution in [0.4, 0.5) is 0 Å². The van der Waals surface area contributed by atoms with Crippen LogP contribution in [-0.4, -0.2) is 5.78 Å². The Morgan fingerprint density at radius 1 is 1.06 bits per heavy atom. The molecule has 18 heavy (non-hydrogen) atoms. The second kappa shape index (κ2) is 6.16. The van der Waals surface area contributed by atoms with E-state index in [1.165, 1.54) is 0 Å². The molecule has 2 rings (SSSR count). The van der Waals surface area contributed by atoms with Gasteiger partial charge < -0.3 is 0 Å². The molecular formula is C15H10ClIO. The number of carbonyl (C=O) groups is 1. The molecule has 0 atom stereocenters. The zero-order valence-corrected chi connectivity index (χ0v) is 12.4. The number of hydrogen-bond acceptors (Lipinski definition) is 1. The summed E-state index contributed by atoms with van der Waals surface area (Å²) < 4.78 is 1.11. The smallest absolute Gasteiger partial charge is 0.185 e. The van der Waals surface area contributed by atoms with Crippen molar-refractivity contribution in [2.75, 3.05) is 0 Å². The lowest BCUT2D eigenvalue weighted by molar-refractivity contribution is 0.104. The van der Waals surface area contributed by atoms with Gasteiger partial charge in [-0.25, -0.2) is 0 Å². The molecular weight excluding hydrogens is 359 g/mol. The third kappa shape index (κ3) is 3.43. The van der Waals surface area contributed by atoms with Gasteiger partial charge in [0.2, 0.25) is 0 Å². The van der Waals surface area contributed by atoms with Crippen molar-refractivity contribution < 1.29 is 4.79 Å². The van der Waals surface area contributed by atoms with Crippen LogP contribution in [0.2, 0.25) is 5.02 Å². The molecule has 0 aromatic heterocycles. The molecule has 2 aromatic rings. The minimum Gasteiger partial charge on any atom is -0.289 e. The maximum absolute atomic E-state index is 11.9. The monoisotopic (exact) mass is 368 g/mol. The van der Waals surface area contributed by atoms with E-state index in [1.807, 2.05) is 42.5 Å². The highest BCUT2D eigenvalue weighted by molar-refractivity contribution is 14.1. The van der Waals surface area contributed by atoms with Gasteiger partial charge in [-0.1, -0.05) is 41.9 Å². The molecule has 2 aromatic carbocycles. The number of hydrogen-bond donors (Lipinski definition) is 0. The predicted octanol–water partition coefficient (Wildman–Crippen LogP) is 4.84. The van der Waals surface area contributed by atoms with Crippen LogP contribution < -0.4 is 0 Å². The SMILES string of the molecule is O=C(/C=C/c1ccccc1Cl)c1ccc(I)cc1. The maximum atomic E-state index is 11.9. The first-order valence-electron chi connectivity index (χ1n) is 5.39. The molecule has 0 fully saturated rings. The van der Waals surface area contributed by atoms with Crippen LogP contribution in [0.1, 0.15) is 15.9 Å². The molecule has 0 saturated heterocycles. The Morgan fingerprint density at radius 3 is 2.39 bits per heavy atom. The molecule has 0 N–H and O–H groups in total. The summed E-state index contributed by atoms with van der Waals surface area (Å²) >= 11 is 8.22. The van der Waals surface area contributed by atoms with Crippen molar-refractivity contribution in [3.63, 3.8) is 0 Å². The highest BCUT2D eigenvalue weighted by atomic mass is 127. The normalized spacial score (nSPS) is 10.8. The van der Waals surface area contributed by atoms with Gasteiger partial charge in [-0.2, -0.15) is 0 Å². The van der Waals surface area contributed by atoms with Crippen molar-refractivity contribution in [2.45, 2.75) is 0 Å². The first kappa shape index (κ1) is 13.3. The number of rotatable bonds is 3.